The van der Waals surface area contributed by atoms with E-state index in [-0.39, 0.29) is 11.5 Å². The molecule has 0 amide bonds. The van der Waals surface area contributed by atoms with Crippen molar-refractivity contribution in [1.29, 1.82) is 0 Å². The van der Waals surface area contributed by atoms with Gasteiger partial charge in [0.1, 0.15) is 0 Å². The number of pyridine rings is 1. The largest absolute Gasteiger partial charge is 0.329 e. The Morgan fingerprint density at radius 3 is 2.78 bits per heavy atom. The Morgan fingerprint density at radius 2 is 2.28 bits per heavy atom. The molecular formula is C12H19N3O2S. The quantitative estimate of drug-likeness (QED) is 0.834. The van der Waals surface area contributed by atoms with Crippen LogP contribution in [0.5, 0.6) is 0 Å². The van der Waals surface area contributed by atoms with Crippen LogP contribution < -0.4 is 5.73 Å². The smallest absolute Gasteiger partial charge is 0.152 e. The van der Waals surface area contributed by atoms with Gasteiger partial charge in [-0.3, -0.25) is 9.88 Å². The van der Waals surface area contributed by atoms with Crippen LogP contribution in [0.25, 0.3) is 0 Å². The highest BCUT2D eigenvalue weighted by atomic mass is 32.2. The van der Waals surface area contributed by atoms with Crippen molar-refractivity contribution in [2.24, 2.45) is 5.73 Å². The molecule has 1 unspecified atom stereocenters. The maximum atomic E-state index is 11.7. The van der Waals surface area contributed by atoms with Gasteiger partial charge in [-0.05, 0) is 25.6 Å². The number of aromatic nitrogens is 1. The van der Waals surface area contributed by atoms with Crippen LogP contribution in [0.2, 0.25) is 0 Å². The Balaban J connectivity index is 2.14. The lowest BCUT2D eigenvalue weighted by Gasteiger charge is -2.36. The van der Waals surface area contributed by atoms with Crippen LogP contribution in [0.1, 0.15) is 12.1 Å². The van der Waals surface area contributed by atoms with Crippen molar-refractivity contribution in [2.75, 3.05) is 25.1 Å². The average Bonchev–Trinajstić information content (AvgIpc) is 2.68. The lowest BCUT2D eigenvalue weighted by Crippen LogP contribution is -2.52. The summed E-state index contributed by atoms with van der Waals surface area (Å²) in [6.07, 6.45) is 2.35. The maximum Gasteiger partial charge on any atom is 0.152 e. The van der Waals surface area contributed by atoms with Crippen LogP contribution in [0.4, 0.5) is 0 Å². The zero-order valence-corrected chi connectivity index (χ0v) is 11.4. The molecule has 1 aromatic heterocycles. The van der Waals surface area contributed by atoms with Crippen LogP contribution in [0.15, 0.2) is 24.4 Å². The molecule has 6 heteroatoms. The van der Waals surface area contributed by atoms with E-state index < -0.39 is 15.4 Å². The third-order valence-corrected chi connectivity index (χ3v) is 5.49. The summed E-state index contributed by atoms with van der Waals surface area (Å²) in [4.78, 5) is 6.29. The van der Waals surface area contributed by atoms with Gasteiger partial charge in [0.2, 0.25) is 0 Å². The van der Waals surface area contributed by atoms with Gasteiger partial charge in [0.05, 0.1) is 17.2 Å². The van der Waals surface area contributed by atoms with Crippen molar-refractivity contribution in [3.8, 4) is 0 Å². The average molecular weight is 269 g/mol. The third kappa shape index (κ3) is 2.71. The molecule has 2 heterocycles. The van der Waals surface area contributed by atoms with Gasteiger partial charge in [-0.2, -0.15) is 0 Å². The van der Waals surface area contributed by atoms with E-state index in [4.69, 9.17) is 5.73 Å². The van der Waals surface area contributed by atoms with E-state index in [0.717, 1.165) is 5.69 Å². The first-order valence-electron chi connectivity index (χ1n) is 5.99. The first kappa shape index (κ1) is 13.5. The second-order valence-electron chi connectivity index (χ2n) is 4.95. The third-order valence-electron chi connectivity index (χ3n) is 3.68. The standard InChI is InChI=1S/C12H19N3O2S/c1-15(8-11-4-2-3-6-14-11)12(9-13)5-7-18(16,17)10-12/h2-4,6H,5,7-10,13H2,1H3. The SMILES string of the molecule is CN(Cc1ccccn1)C1(CN)CCS(=O)(=O)C1. The van der Waals surface area contributed by atoms with E-state index >= 15 is 0 Å². The molecule has 0 saturated carbocycles. The normalized spacial score (nSPS) is 26.6. The molecule has 1 aromatic rings. The molecule has 0 spiro atoms. The monoisotopic (exact) mass is 269 g/mol. The van der Waals surface area contributed by atoms with E-state index in [9.17, 15) is 8.42 Å². The minimum atomic E-state index is -2.95. The summed E-state index contributed by atoms with van der Waals surface area (Å²) in [7, 11) is -1.03. The maximum absolute atomic E-state index is 11.7. The highest BCUT2D eigenvalue weighted by molar-refractivity contribution is 7.91. The Kier molecular flexibility index (Phi) is 3.70. The van der Waals surface area contributed by atoms with Gasteiger partial charge in [-0.25, -0.2) is 8.42 Å². The summed E-state index contributed by atoms with van der Waals surface area (Å²) in [5.74, 6) is 0.386. The number of nitrogens with two attached hydrogens (primary N) is 1. The number of hydrogen-bond acceptors (Lipinski definition) is 5. The van der Waals surface area contributed by atoms with Crippen molar-refractivity contribution in [3.63, 3.8) is 0 Å². The van der Waals surface area contributed by atoms with E-state index in [1.165, 1.54) is 0 Å². The molecular weight excluding hydrogens is 250 g/mol. The second kappa shape index (κ2) is 4.95. The molecule has 1 fully saturated rings. The van der Waals surface area contributed by atoms with E-state index in [0.29, 0.717) is 19.5 Å². The zero-order valence-electron chi connectivity index (χ0n) is 10.5. The van der Waals surface area contributed by atoms with Crippen molar-refractivity contribution in [1.82, 2.24) is 9.88 Å². The van der Waals surface area contributed by atoms with Gasteiger partial charge in [0, 0.05) is 24.8 Å². The Hall–Kier alpha value is -0.980. The van der Waals surface area contributed by atoms with Crippen LogP contribution in [-0.2, 0) is 16.4 Å². The number of rotatable bonds is 4. The fourth-order valence-corrected chi connectivity index (χ4v) is 4.56. The van der Waals surface area contributed by atoms with Crippen molar-refractivity contribution < 1.29 is 8.42 Å². The second-order valence-corrected chi connectivity index (χ2v) is 7.13. The van der Waals surface area contributed by atoms with Gasteiger partial charge in [-0.1, -0.05) is 6.07 Å². The molecule has 2 N–H and O–H groups in total. The number of likely N-dealkylation sites (N-methyl/N-ethyl adjacent to an activating group) is 1. The fourth-order valence-electron chi connectivity index (χ4n) is 2.42. The minimum Gasteiger partial charge on any atom is -0.329 e. The lowest BCUT2D eigenvalue weighted by atomic mass is 9.97. The van der Waals surface area contributed by atoms with Gasteiger partial charge < -0.3 is 5.73 Å². The highest BCUT2D eigenvalue weighted by Gasteiger charge is 2.44. The molecule has 1 saturated heterocycles. The Bertz CT molecular complexity index is 503. The molecule has 0 aromatic carbocycles. The molecule has 0 aliphatic carbocycles. The summed E-state index contributed by atoms with van der Waals surface area (Å²) >= 11 is 0. The van der Waals surface area contributed by atoms with E-state index in [2.05, 4.69) is 4.98 Å². The van der Waals surface area contributed by atoms with Crippen LogP contribution in [-0.4, -0.2) is 48.9 Å². The van der Waals surface area contributed by atoms with Gasteiger partial charge in [0.25, 0.3) is 0 Å². The molecule has 0 bridgehead atoms. The van der Waals surface area contributed by atoms with Gasteiger partial charge in [0.15, 0.2) is 9.84 Å². The summed E-state index contributed by atoms with van der Waals surface area (Å²) in [5, 5.41) is 0. The van der Waals surface area contributed by atoms with Crippen LogP contribution in [0, 0.1) is 0 Å². The highest BCUT2D eigenvalue weighted by Crippen LogP contribution is 2.28. The topological polar surface area (TPSA) is 76.3 Å². The molecule has 0 radical (unpaired) electrons. The van der Waals surface area contributed by atoms with E-state index in [1.807, 2.05) is 30.1 Å². The molecule has 100 valence electrons. The van der Waals surface area contributed by atoms with Crippen molar-refractivity contribution >= 4 is 9.84 Å². The predicted octanol–water partition coefficient (Wildman–Crippen LogP) is 0.0294. The summed E-state index contributed by atoms with van der Waals surface area (Å²) in [6.45, 7) is 0.975. The molecule has 1 aliphatic rings. The molecule has 18 heavy (non-hydrogen) atoms. The number of nitrogens with zero attached hydrogens (tertiary/aromatic N) is 2. The van der Waals surface area contributed by atoms with Crippen LogP contribution in [0.3, 0.4) is 0 Å². The minimum absolute atomic E-state index is 0.153. The Labute approximate surface area is 108 Å². The van der Waals surface area contributed by atoms with Gasteiger partial charge >= 0.3 is 0 Å². The summed E-state index contributed by atoms with van der Waals surface area (Å²) in [6, 6.07) is 5.73. The van der Waals surface area contributed by atoms with Crippen molar-refractivity contribution in [2.45, 2.75) is 18.5 Å². The molecule has 1 aliphatic heterocycles. The molecule has 1 atom stereocenters. The zero-order chi connectivity index (χ0) is 13.2. The number of sulfone groups is 1. The van der Waals surface area contributed by atoms with Gasteiger partial charge in [-0.15, -0.1) is 0 Å². The lowest BCUT2D eigenvalue weighted by molar-refractivity contribution is 0.141. The summed E-state index contributed by atoms with van der Waals surface area (Å²) in [5.41, 5.74) is 6.31. The first-order valence-corrected chi connectivity index (χ1v) is 7.81. The van der Waals surface area contributed by atoms with E-state index in [1.54, 1.807) is 6.20 Å². The molecule has 2 rings (SSSR count). The number of hydrogen-bond donors (Lipinski definition) is 1. The Morgan fingerprint density at radius 1 is 1.50 bits per heavy atom. The van der Waals surface area contributed by atoms with Crippen molar-refractivity contribution in [3.05, 3.63) is 30.1 Å². The fraction of sp³-hybridized carbons (Fsp3) is 0.583. The first-order chi connectivity index (χ1) is 8.47. The van der Waals surface area contributed by atoms with Crippen LogP contribution >= 0.6 is 0 Å². The predicted molar refractivity (Wildman–Crippen MR) is 70.8 cm³/mol. The summed E-state index contributed by atoms with van der Waals surface area (Å²) < 4.78 is 23.3. The molecule has 5 nitrogen and oxygen atoms in total.